The second-order valence-corrected chi connectivity index (χ2v) is 5.15. The lowest BCUT2D eigenvalue weighted by Gasteiger charge is -2.41. The van der Waals surface area contributed by atoms with Gasteiger partial charge in [-0.05, 0) is 6.92 Å². The topological polar surface area (TPSA) is 101 Å². The smallest absolute Gasteiger partial charge is 0.392 e. The van der Waals surface area contributed by atoms with Crippen molar-refractivity contribution in [2.75, 3.05) is 13.2 Å². The van der Waals surface area contributed by atoms with Crippen molar-refractivity contribution in [3.8, 4) is 0 Å². The number of esters is 1. The number of ether oxygens (including phenoxy) is 1. The van der Waals surface area contributed by atoms with Crippen LogP contribution in [-0.2, 0) is 24.1 Å². The molecule has 0 aromatic carbocycles. The molecule has 2 N–H and O–H groups in total. The zero-order chi connectivity index (χ0) is 15.7. The molecule has 0 aromatic rings. The van der Waals surface area contributed by atoms with Crippen LogP contribution in [0.3, 0.4) is 0 Å². The molecule has 2 heterocycles. The van der Waals surface area contributed by atoms with Crippen molar-refractivity contribution < 1.29 is 29.2 Å². The average molecular weight is 308 g/mol. The molecular formula is C14H16N2O6. The molecule has 1 fully saturated rings. The highest BCUT2D eigenvalue weighted by molar-refractivity contribution is 5.86. The standard InChI is InChI=1S/C14H16N2O6/c1-2-20-14(18)12-4-10(15-7-17)9-3-8-6-21-22-13(8)5-11(9)16(12)19/h3-5,7,9-11,16H,2,6H2,1H3,(H,15,17). The van der Waals surface area contributed by atoms with Crippen molar-refractivity contribution in [2.45, 2.75) is 19.0 Å². The van der Waals surface area contributed by atoms with Crippen LogP contribution in [0.2, 0.25) is 0 Å². The summed E-state index contributed by atoms with van der Waals surface area (Å²) in [6, 6.07) is -1.06. The number of amides is 1. The van der Waals surface area contributed by atoms with E-state index < -0.39 is 18.1 Å². The van der Waals surface area contributed by atoms with Gasteiger partial charge in [-0.15, -0.1) is 0 Å². The van der Waals surface area contributed by atoms with E-state index in [1.165, 1.54) is 6.08 Å². The Hall–Kier alpha value is -2.16. The first-order valence-corrected chi connectivity index (χ1v) is 7.01. The lowest BCUT2D eigenvalue weighted by molar-refractivity contribution is -0.830. The Morgan fingerprint density at radius 2 is 2.36 bits per heavy atom. The summed E-state index contributed by atoms with van der Waals surface area (Å²) >= 11 is 0. The van der Waals surface area contributed by atoms with Crippen LogP contribution in [0, 0.1) is 11.1 Å². The molecule has 2 aliphatic heterocycles. The molecule has 118 valence electrons. The van der Waals surface area contributed by atoms with Crippen molar-refractivity contribution >= 4 is 12.4 Å². The number of hydroxylamine groups is 2. The Kier molecular flexibility index (Phi) is 3.97. The van der Waals surface area contributed by atoms with Gasteiger partial charge < -0.3 is 25.2 Å². The number of hydrogen-bond donors (Lipinski definition) is 2. The molecule has 3 rings (SSSR count). The minimum absolute atomic E-state index is 0.0462. The van der Waals surface area contributed by atoms with Gasteiger partial charge in [0.05, 0.1) is 18.6 Å². The number of carbonyl (C=O) groups excluding carboxylic acids is 2. The molecule has 4 unspecified atom stereocenters. The first-order chi connectivity index (χ1) is 10.7. The summed E-state index contributed by atoms with van der Waals surface area (Å²) in [5, 5.41) is 14.9. The van der Waals surface area contributed by atoms with Gasteiger partial charge in [-0.3, -0.25) is 4.79 Å². The lowest BCUT2D eigenvalue weighted by atomic mass is 9.82. The Morgan fingerprint density at radius 1 is 1.55 bits per heavy atom. The summed E-state index contributed by atoms with van der Waals surface area (Å²) in [6.45, 7) is 2.13. The van der Waals surface area contributed by atoms with Gasteiger partial charge in [0.25, 0.3) is 0 Å². The highest BCUT2D eigenvalue weighted by Crippen LogP contribution is 2.31. The third kappa shape index (κ3) is 2.41. The van der Waals surface area contributed by atoms with Gasteiger partial charge in [0, 0.05) is 17.7 Å². The minimum atomic E-state index is -0.680. The minimum Gasteiger partial charge on any atom is -0.628 e. The Morgan fingerprint density at radius 3 is 3.09 bits per heavy atom. The monoisotopic (exact) mass is 308 g/mol. The lowest BCUT2D eigenvalue weighted by Crippen LogP contribution is -3.12. The summed E-state index contributed by atoms with van der Waals surface area (Å²) in [5.74, 6) is -0.468. The van der Waals surface area contributed by atoms with E-state index >= 15 is 0 Å². The molecule has 0 saturated carbocycles. The van der Waals surface area contributed by atoms with Gasteiger partial charge in [0.1, 0.15) is 12.6 Å². The van der Waals surface area contributed by atoms with E-state index in [-0.39, 0.29) is 23.3 Å². The summed E-state index contributed by atoms with van der Waals surface area (Å²) < 4.78 is 4.91. The molecule has 8 nitrogen and oxygen atoms in total. The zero-order valence-corrected chi connectivity index (χ0v) is 11.9. The number of nitrogens with one attached hydrogen (secondary N) is 2. The van der Waals surface area contributed by atoms with Crippen LogP contribution in [0.15, 0.2) is 35.3 Å². The Bertz CT molecular complexity index is 582. The molecule has 22 heavy (non-hydrogen) atoms. The fourth-order valence-corrected chi connectivity index (χ4v) is 2.90. The molecule has 3 aliphatic rings. The number of hydrogen-bond acceptors (Lipinski definition) is 6. The highest BCUT2D eigenvalue weighted by atomic mass is 17.2. The Balaban J connectivity index is 1.96. The van der Waals surface area contributed by atoms with Crippen LogP contribution >= 0.6 is 0 Å². The molecule has 0 bridgehead atoms. The van der Waals surface area contributed by atoms with E-state index in [0.29, 0.717) is 18.8 Å². The maximum absolute atomic E-state index is 12.6. The molecule has 0 aromatic heterocycles. The molecule has 0 radical (unpaired) electrons. The van der Waals surface area contributed by atoms with Gasteiger partial charge in [-0.25, -0.2) is 4.79 Å². The number of carbonyl (C=O) groups is 2. The SMILES string of the molecule is CCOC(=O)C1=CC(NC=O)C2C=C3COOC3=CC2[NH+]1[O-]. The predicted molar refractivity (Wildman–Crippen MR) is 72.5 cm³/mol. The van der Waals surface area contributed by atoms with E-state index in [2.05, 4.69) is 5.32 Å². The average Bonchev–Trinajstić information content (AvgIpc) is 2.96. The summed E-state index contributed by atoms with van der Waals surface area (Å²) in [6.07, 6.45) is 5.50. The van der Waals surface area contributed by atoms with E-state index in [9.17, 15) is 14.8 Å². The predicted octanol–water partition coefficient (Wildman–Crippen LogP) is -1.29. The van der Waals surface area contributed by atoms with Crippen molar-refractivity contribution in [2.24, 2.45) is 5.92 Å². The zero-order valence-electron chi connectivity index (χ0n) is 11.9. The fourth-order valence-electron chi connectivity index (χ4n) is 2.90. The number of rotatable bonds is 4. The van der Waals surface area contributed by atoms with Crippen LogP contribution in [0.1, 0.15) is 6.92 Å². The molecule has 8 heteroatoms. The summed E-state index contributed by atoms with van der Waals surface area (Å²) in [5.41, 5.74) is 0.787. The van der Waals surface area contributed by atoms with E-state index in [0.717, 1.165) is 5.57 Å². The molecule has 0 spiro atoms. The van der Waals surface area contributed by atoms with Crippen LogP contribution in [-0.4, -0.2) is 37.7 Å². The second-order valence-electron chi connectivity index (χ2n) is 5.15. The van der Waals surface area contributed by atoms with Crippen LogP contribution in [0.5, 0.6) is 0 Å². The van der Waals surface area contributed by atoms with E-state index in [4.69, 9.17) is 14.5 Å². The van der Waals surface area contributed by atoms with Gasteiger partial charge in [0.2, 0.25) is 12.1 Å². The molecule has 1 amide bonds. The molecular weight excluding hydrogens is 292 g/mol. The van der Waals surface area contributed by atoms with Crippen molar-refractivity contribution in [3.63, 3.8) is 0 Å². The van der Waals surface area contributed by atoms with Crippen molar-refractivity contribution in [1.29, 1.82) is 0 Å². The normalized spacial score (nSPS) is 32.5. The quantitative estimate of drug-likeness (QED) is 0.290. The van der Waals surface area contributed by atoms with Gasteiger partial charge in [0.15, 0.2) is 5.76 Å². The summed E-state index contributed by atoms with van der Waals surface area (Å²) in [7, 11) is 0. The maximum Gasteiger partial charge on any atom is 0.392 e. The number of fused-ring (bicyclic) bond motifs is 2. The van der Waals surface area contributed by atoms with E-state index in [1.807, 2.05) is 6.08 Å². The third-order valence-electron chi connectivity index (χ3n) is 3.90. The first-order valence-electron chi connectivity index (χ1n) is 7.01. The largest absolute Gasteiger partial charge is 0.628 e. The molecule has 1 aliphatic carbocycles. The second kappa shape index (κ2) is 5.91. The highest BCUT2D eigenvalue weighted by Gasteiger charge is 2.43. The van der Waals surface area contributed by atoms with E-state index in [1.54, 1.807) is 13.0 Å². The fraction of sp³-hybridized carbons (Fsp3) is 0.429. The van der Waals surface area contributed by atoms with Gasteiger partial charge in [-0.1, -0.05) is 6.08 Å². The molecule has 4 atom stereocenters. The first kappa shape index (κ1) is 14.8. The summed E-state index contributed by atoms with van der Waals surface area (Å²) in [4.78, 5) is 32.7. The Labute approximate surface area is 126 Å². The van der Waals surface area contributed by atoms with Gasteiger partial charge in [-0.2, -0.15) is 4.89 Å². The van der Waals surface area contributed by atoms with Crippen LogP contribution in [0.25, 0.3) is 0 Å². The van der Waals surface area contributed by atoms with Crippen molar-refractivity contribution in [1.82, 2.24) is 5.32 Å². The van der Waals surface area contributed by atoms with Crippen LogP contribution in [0.4, 0.5) is 0 Å². The van der Waals surface area contributed by atoms with Gasteiger partial charge >= 0.3 is 5.97 Å². The third-order valence-corrected chi connectivity index (χ3v) is 3.90. The molecule has 1 saturated heterocycles. The maximum atomic E-state index is 12.6. The number of quaternary nitrogens is 1. The van der Waals surface area contributed by atoms with Crippen LogP contribution < -0.4 is 10.4 Å². The van der Waals surface area contributed by atoms with Crippen molar-refractivity contribution in [3.05, 3.63) is 40.5 Å².